The van der Waals surface area contributed by atoms with Crippen LogP contribution in [0, 0.1) is 11.8 Å². The van der Waals surface area contributed by atoms with E-state index in [0.717, 1.165) is 21.5 Å². The van der Waals surface area contributed by atoms with E-state index in [4.69, 9.17) is 0 Å². The van der Waals surface area contributed by atoms with Crippen molar-refractivity contribution >= 4 is 47.8 Å². The van der Waals surface area contributed by atoms with Gasteiger partial charge in [0.2, 0.25) is 0 Å². The summed E-state index contributed by atoms with van der Waals surface area (Å²) in [6, 6.07) is 0. The molecule has 0 aromatic rings. The second kappa shape index (κ2) is 3.15. The fourth-order valence-electron chi connectivity index (χ4n) is 1.90. The molecule has 3 unspecified atom stereocenters. The Hall–Kier alpha value is 1.18. The van der Waals surface area contributed by atoms with Crippen LogP contribution in [-0.2, 0) is 0 Å². The lowest BCUT2D eigenvalue weighted by molar-refractivity contribution is 0.247. The zero-order valence-corrected chi connectivity index (χ0v) is 10.7. The number of fused-ring (bicyclic) bond motifs is 2. The second-order valence-corrected chi connectivity index (χ2v) is 6.44. The maximum absolute atomic E-state index is 3.74. The summed E-state index contributed by atoms with van der Waals surface area (Å²) in [7, 11) is 0. The molecule has 0 heterocycles. The molecule has 0 aromatic heterocycles. The average Bonchev–Trinajstić information content (AvgIpc) is 2.21. The molecule has 3 heteroatoms. The third kappa shape index (κ3) is 1.37. The molecule has 0 spiro atoms. The summed E-state index contributed by atoms with van der Waals surface area (Å²) in [4.78, 5) is 1.47. The highest BCUT2D eigenvalue weighted by atomic mass is 79.9. The molecule has 0 nitrogen and oxygen atoms in total. The smallest absolute Gasteiger partial charge is 0.0230 e. The van der Waals surface area contributed by atoms with Crippen molar-refractivity contribution in [2.75, 3.05) is 0 Å². The molecule has 0 aromatic carbocycles. The largest absolute Gasteiger partial charge is 0.0884 e. The van der Waals surface area contributed by atoms with Gasteiger partial charge >= 0.3 is 0 Å². The topological polar surface area (TPSA) is 0 Å². The second-order valence-electron chi connectivity index (χ2n) is 3.31. The summed E-state index contributed by atoms with van der Waals surface area (Å²) >= 11 is 11.1. The Kier molecular flexibility index (Phi) is 2.51. The molecule has 0 saturated heterocycles. The molecular formula is C8H9Br3. The molecule has 3 aliphatic rings. The average molecular weight is 345 g/mol. The van der Waals surface area contributed by atoms with E-state index in [1.54, 1.807) is 0 Å². The summed E-state index contributed by atoms with van der Waals surface area (Å²) in [6.45, 7) is 0. The summed E-state index contributed by atoms with van der Waals surface area (Å²) in [5.74, 6) is 1.61. The van der Waals surface area contributed by atoms with Crippen molar-refractivity contribution < 1.29 is 0 Å². The summed E-state index contributed by atoms with van der Waals surface area (Å²) in [5, 5.41) is 0. The first-order valence-electron chi connectivity index (χ1n) is 3.83. The van der Waals surface area contributed by atoms with Gasteiger partial charge in [0.1, 0.15) is 0 Å². The van der Waals surface area contributed by atoms with Crippen LogP contribution in [0.2, 0.25) is 0 Å². The Bertz CT molecular complexity index is 190. The van der Waals surface area contributed by atoms with E-state index in [0.29, 0.717) is 0 Å². The van der Waals surface area contributed by atoms with Gasteiger partial charge in [0, 0.05) is 9.65 Å². The van der Waals surface area contributed by atoms with Gasteiger partial charge in [0.05, 0.1) is 0 Å². The number of hydrogen-bond donors (Lipinski definition) is 0. The van der Waals surface area contributed by atoms with E-state index in [2.05, 4.69) is 53.9 Å². The molecule has 62 valence electrons. The van der Waals surface area contributed by atoms with Crippen LogP contribution in [0.3, 0.4) is 0 Å². The van der Waals surface area contributed by atoms with Gasteiger partial charge in [-0.3, -0.25) is 0 Å². The molecule has 3 aliphatic carbocycles. The van der Waals surface area contributed by atoms with Crippen LogP contribution in [0.1, 0.15) is 12.8 Å². The predicted octanol–water partition coefficient (Wildman–Crippen LogP) is 3.83. The van der Waals surface area contributed by atoms with Crippen molar-refractivity contribution in [3.63, 3.8) is 0 Å². The quantitative estimate of drug-likeness (QED) is 0.586. The number of halogens is 3. The molecule has 3 rings (SSSR count). The van der Waals surface area contributed by atoms with Crippen molar-refractivity contribution in [2.45, 2.75) is 22.5 Å². The predicted molar refractivity (Wildman–Crippen MR) is 58.7 cm³/mol. The molecular weight excluding hydrogens is 336 g/mol. The van der Waals surface area contributed by atoms with Gasteiger partial charge in [-0.1, -0.05) is 53.9 Å². The van der Waals surface area contributed by atoms with Gasteiger partial charge in [0.15, 0.2) is 0 Å². The maximum atomic E-state index is 3.74. The monoisotopic (exact) mass is 342 g/mol. The van der Waals surface area contributed by atoms with Crippen LogP contribution < -0.4 is 0 Å². The van der Waals surface area contributed by atoms with E-state index in [1.165, 1.54) is 17.3 Å². The van der Waals surface area contributed by atoms with Crippen LogP contribution in [0.4, 0.5) is 0 Å². The molecule has 0 radical (unpaired) electrons. The lowest BCUT2D eigenvalue weighted by atomic mass is 9.73. The minimum atomic E-state index is 0.734. The zero-order chi connectivity index (χ0) is 8.01. The molecule has 0 aliphatic heterocycles. The van der Waals surface area contributed by atoms with Crippen LogP contribution in [0.5, 0.6) is 0 Å². The lowest BCUT2D eigenvalue weighted by Crippen LogP contribution is -2.47. The fraction of sp³-hybridized carbons (Fsp3) is 0.750. The number of alkyl halides is 2. The van der Waals surface area contributed by atoms with Crippen molar-refractivity contribution in [1.29, 1.82) is 0 Å². The zero-order valence-electron chi connectivity index (χ0n) is 5.93. The summed E-state index contributed by atoms with van der Waals surface area (Å²) in [5.41, 5.74) is 0. The maximum Gasteiger partial charge on any atom is 0.0230 e. The van der Waals surface area contributed by atoms with E-state index in [9.17, 15) is 0 Å². The molecule has 1 saturated carbocycles. The SMILES string of the molecule is BrC1=CCC2C(Br)C(C1)[C@H]2Br. The van der Waals surface area contributed by atoms with Gasteiger partial charge < -0.3 is 0 Å². The standard InChI is InChI=1S/C8H9Br3/c9-4-1-2-5-7(10)6(3-4)8(5)11/h1,5-8H,2-3H2/t5?,6?,7-,8?/m0/s1. The fourth-order valence-corrected chi connectivity index (χ4v) is 5.40. The highest BCUT2D eigenvalue weighted by molar-refractivity contribution is 9.11. The molecule has 4 atom stereocenters. The Labute approximate surface area is 92.2 Å². The first-order valence-corrected chi connectivity index (χ1v) is 6.45. The lowest BCUT2D eigenvalue weighted by Gasteiger charge is -2.45. The minimum Gasteiger partial charge on any atom is -0.0884 e. The van der Waals surface area contributed by atoms with Gasteiger partial charge in [-0.25, -0.2) is 0 Å². The molecule has 0 N–H and O–H groups in total. The van der Waals surface area contributed by atoms with Crippen molar-refractivity contribution in [3.05, 3.63) is 10.6 Å². The summed E-state index contributed by atoms with van der Waals surface area (Å²) < 4.78 is 1.39. The van der Waals surface area contributed by atoms with Gasteiger partial charge in [-0.2, -0.15) is 0 Å². The van der Waals surface area contributed by atoms with Gasteiger partial charge in [-0.05, 0) is 29.2 Å². The van der Waals surface area contributed by atoms with Crippen molar-refractivity contribution in [3.8, 4) is 0 Å². The number of allylic oxidation sites excluding steroid dienone is 2. The normalized spacial score (nSPS) is 49.2. The van der Waals surface area contributed by atoms with Crippen molar-refractivity contribution in [2.24, 2.45) is 11.8 Å². The highest BCUT2D eigenvalue weighted by Gasteiger charge is 2.48. The molecule has 11 heavy (non-hydrogen) atoms. The third-order valence-corrected chi connectivity index (χ3v) is 6.04. The number of rotatable bonds is 0. The number of hydrogen-bond acceptors (Lipinski definition) is 0. The Morgan fingerprint density at radius 2 is 1.82 bits per heavy atom. The van der Waals surface area contributed by atoms with Crippen LogP contribution >= 0.6 is 47.8 Å². The Balaban J connectivity index is 2.15. The van der Waals surface area contributed by atoms with Gasteiger partial charge in [-0.15, -0.1) is 0 Å². The van der Waals surface area contributed by atoms with Crippen LogP contribution in [0.25, 0.3) is 0 Å². The van der Waals surface area contributed by atoms with E-state index in [1.807, 2.05) is 0 Å². The Morgan fingerprint density at radius 1 is 1.18 bits per heavy atom. The van der Waals surface area contributed by atoms with Gasteiger partial charge in [0.25, 0.3) is 0 Å². The van der Waals surface area contributed by atoms with E-state index < -0.39 is 0 Å². The molecule has 2 bridgehead atoms. The van der Waals surface area contributed by atoms with E-state index in [-0.39, 0.29) is 0 Å². The molecule has 0 amide bonds. The molecule has 1 fully saturated rings. The highest BCUT2D eigenvalue weighted by Crippen LogP contribution is 2.52. The minimum absolute atomic E-state index is 0.734. The first-order chi connectivity index (χ1) is 5.20. The van der Waals surface area contributed by atoms with Crippen molar-refractivity contribution in [1.82, 2.24) is 0 Å². The van der Waals surface area contributed by atoms with E-state index >= 15 is 0 Å². The van der Waals surface area contributed by atoms with Crippen LogP contribution in [-0.4, -0.2) is 9.65 Å². The summed E-state index contributed by atoms with van der Waals surface area (Å²) in [6.07, 6.45) is 4.73. The third-order valence-electron chi connectivity index (χ3n) is 2.68. The first kappa shape index (κ1) is 8.76. The van der Waals surface area contributed by atoms with Crippen LogP contribution in [0.15, 0.2) is 10.6 Å². The Morgan fingerprint density at radius 3 is 2.45 bits per heavy atom.